The van der Waals surface area contributed by atoms with Crippen molar-refractivity contribution in [3.63, 3.8) is 0 Å². The van der Waals surface area contributed by atoms with Crippen LogP contribution in [0.25, 0.3) is 0 Å². The smallest absolute Gasteiger partial charge is 0.148 e. The summed E-state index contributed by atoms with van der Waals surface area (Å²) in [5.74, 6) is 0.683. The van der Waals surface area contributed by atoms with Gasteiger partial charge in [0.1, 0.15) is 5.82 Å². The summed E-state index contributed by atoms with van der Waals surface area (Å²) in [6.07, 6.45) is 6.91. The van der Waals surface area contributed by atoms with Gasteiger partial charge in [-0.15, -0.1) is 11.8 Å². The van der Waals surface area contributed by atoms with Crippen molar-refractivity contribution in [3.05, 3.63) is 41.8 Å². The monoisotopic (exact) mass is 251 g/mol. The zero-order chi connectivity index (χ0) is 11.4. The molecule has 0 aliphatic heterocycles. The molecule has 2 rings (SSSR count). The molecular formula is C11H10ClN3S. The fraction of sp³-hybridized carbons (Fsp3) is 0.0909. The Balaban J connectivity index is 2.28. The molecule has 0 saturated heterocycles. The van der Waals surface area contributed by atoms with Crippen molar-refractivity contribution >= 4 is 34.9 Å². The molecule has 0 aliphatic rings. The van der Waals surface area contributed by atoms with Crippen LogP contribution in [-0.2, 0) is 0 Å². The van der Waals surface area contributed by atoms with Gasteiger partial charge in [-0.2, -0.15) is 0 Å². The van der Waals surface area contributed by atoms with Gasteiger partial charge in [0.25, 0.3) is 0 Å². The number of halogens is 1. The molecule has 0 atom stereocenters. The molecular weight excluding hydrogens is 242 g/mol. The normalized spacial score (nSPS) is 10.1. The molecule has 3 nitrogen and oxygen atoms in total. The Morgan fingerprint density at radius 3 is 2.88 bits per heavy atom. The minimum absolute atomic E-state index is 0.683. The van der Waals surface area contributed by atoms with Crippen LogP contribution in [0.15, 0.2) is 41.7 Å². The quantitative estimate of drug-likeness (QED) is 0.846. The molecule has 0 amide bonds. The van der Waals surface area contributed by atoms with Crippen LogP contribution in [0.1, 0.15) is 0 Å². The topological polar surface area (TPSA) is 37.8 Å². The average molecular weight is 252 g/mol. The summed E-state index contributed by atoms with van der Waals surface area (Å²) in [6, 6.07) is 5.85. The Morgan fingerprint density at radius 2 is 2.19 bits per heavy atom. The lowest BCUT2D eigenvalue weighted by Crippen LogP contribution is -1.94. The van der Waals surface area contributed by atoms with Crippen molar-refractivity contribution < 1.29 is 0 Å². The Bertz CT molecular complexity index is 476. The Kier molecular flexibility index (Phi) is 3.64. The van der Waals surface area contributed by atoms with Gasteiger partial charge in [-0.25, -0.2) is 4.98 Å². The van der Waals surface area contributed by atoms with Gasteiger partial charge in [-0.3, -0.25) is 4.98 Å². The number of rotatable bonds is 3. The lowest BCUT2D eigenvalue weighted by molar-refractivity contribution is 1.20. The molecule has 0 bridgehead atoms. The molecule has 0 fully saturated rings. The average Bonchev–Trinajstić information content (AvgIpc) is 2.33. The summed E-state index contributed by atoms with van der Waals surface area (Å²) in [6.45, 7) is 0. The van der Waals surface area contributed by atoms with Crippen LogP contribution in [0.5, 0.6) is 0 Å². The van der Waals surface area contributed by atoms with Crippen LogP contribution in [0.4, 0.5) is 11.5 Å². The molecule has 1 N–H and O–H groups in total. The number of nitrogens with one attached hydrogen (secondary N) is 1. The fourth-order valence-electron chi connectivity index (χ4n) is 1.27. The molecule has 0 aliphatic carbocycles. The molecule has 2 aromatic rings. The molecule has 82 valence electrons. The third-order valence-corrected chi connectivity index (χ3v) is 3.31. The lowest BCUT2D eigenvalue weighted by atomic mass is 10.3. The van der Waals surface area contributed by atoms with Crippen LogP contribution in [0, 0.1) is 0 Å². The van der Waals surface area contributed by atoms with E-state index in [1.807, 2.05) is 24.5 Å². The maximum atomic E-state index is 6.23. The number of hydrogen-bond donors (Lipinski definition) is 1. The Labute approximate surface area is 103 Å². The highest BCUT2D eigenvalue weighted by Gasteiger charge is 2.05. The highest BCUT2D eigenvalue weighted by Crippen LogP contribution is 2.32. The predicted octanol–water partition coefficient (Wildman–Crippen LogP) is 3.60. The summed E-state index contributed by atoms with van der Waals surface area (Å²) in [5.41, 5.74) is 0.842. The van der Waals surface area contributed by atoms with Crippen LogP contribution in [0.2, 0.25) is 5.02 Å². The van der Waals surface area contributed by atoms with E-state index in [2.05, 4.69) is 15.3 Å². The molecule has 1 aromatic heterocycles. The van der Waals surface area contributed by atoms with Crippen molar-refractivity contribution in [2.75, 3.05) is 11.6 Å². The predicted molar refractivity (Wildman–Crippen MR) is 68.5 cm³/mol. The maximum Gasteiger partial charge on any atom is 0.148 e. The molecule has 1 aromatic carbocycles. The van der Waals surface area contributed by atoms with E-state index in [1.165, 1.54) is 0 Å². The van der Waals surface area contributed by atoms with Crippen molar-refractivity contribution in [2.24, 2.45) is 0 Å². The van der Waals surface area contributed by atoms with E-state index in [9.17, 15) is 0 Å². The first kappa shape index (κ1) is 11.2. The van der Waals surface area contributed by atoms with Gasteiger partial charge in [0.15, 0.2) is 0 Å². The molecule has 0 radical (unpaired) electrons. The Morgan fingerprint density at radius 1 is 1.31 bits per heavy atom. The zero-order valence-corrected chi connectivity index (χ0v) is 10.2. The first-order valence-electron chi connectivity index (χ1n) is 4.67. The van der Waals surface area contributed by atoms with Crippen molar-refractivity contribution in [1.82, 2.24) is 9.97 Å². The largest absolute Gasteiger partial charge is 0.338 e. The zero-order valence-electron chi connectivity index (χ0n) is 8.64. The molecule has 1 heterocycles. The second kappa shape index (κ2) is 5.18. The standard InChI is InChI=1S/C11H10ClN3S/c1-16-9-4-2-3-8(11(9)12)15-10-7-13-5-6-14-10/h2-7H,1H3,(H,14,15). The van der Waals surface area contributed by atoms with Crippen molar-refractivity contribution in [1.29, 1.82) is 0 Å². The minimum atomic E-state index is 0.683. The van der Waals surface area contributed by atoms with Crippen LogP contribution in [0.3, 0.4) is 0 Å². The van der Waals surface area contributed by atoms with Gasteiger partial charge in [-0.05, 0) is 18.4 Å². The van der Waals surface area contributed by atoms with Gasteiger partial charge >= 0.3 is 0 Å². The van der Waals surface area contributed by atoms with Crippen LogP contribution < -0.4 is 5.32 Å². The van der Waals surface area contributed by atoms with E-state index >= 15 is 0 Å². The second-order valence-corrected chi connectivity index (χ2v) is 4.26. The van der Waals surface area contributed by atoms with Crippen LogP contribution >= 0.6 is 23.4 Å². The van der Waals surface area contributed by atoms with E-state index in [4.69, 9.17) is 11.6 Å². The lowest BCUT2D eigenvalue weighted by Gasteiger charge is -2.09. The van der Waals surface area contributed by atoms with Crippen molar-refractivity contribution in [3.8, 4) is 0 Å². The molecule has 16 heavy (non-hydrogen) atoms. The molecule has 0 unspecified atom stereocenters. The SMILES string of the molecule is CSc1cccc(Nc2cnccn2)c1Cl. The fourth-order valence-corrected chi connectivity index (χ4v) is 2.18. The van der Waals surface area contributed by atoms with Gasteiger partial charge in [-0.1, -0.05) is 17.7 Å². The molecule has 5 heteroatoms. The number of thioether (sulfide) groups is 1. The number of hydrogen-bond acceptors (Lipinski definition) is 4. The number of nitrogens with zero attached hydrogens (tertiary/aromatic N) is 2. The van der Waals surface area contributed by atoms with E-state index in [0.29, 0.717) is 10.8 Å². The summed E-state index contributed by atoms with van der Waals surface area (Å²) >= 11 is 7.84. The van der Waals surface area contributed by atoms with E-state index in [1.54, 1.807) is 30.4 Å². The van der Waals surface area contributed by atoms with Crippen LogP contribution in [-0.4, -0.2) is 16.2 Å². The second-order valence-electron chi connectivity index (χ2n) is 3.04. The summed E-state index contributed by atoms with van der Waals surface area (Å²) in [7, 11) is 0. The first-order chi connectivity index (χ1) is 7.81. The highest BCUT2D eigenvalue weighted by molar-refractivity contribution is 7.98. The third-order valence-electron chi connectivity index (χ3n) is 2.01. The van der Waals surface area contributed by atoms with Gasteiger partial charge in [0.2, 0.25) is 0 Å². The molecule has 0 saturated carbocycles. The van der Waals surface area contributed by atoms with E-state index < -0.39 is 0 Å². The van der Waals surface area contributed by atoms with Gasteiger partial charge < -0.3 is 5.32 Å². The number of aromatic nitrogens is 2. The summed E-state index contributed by atoms with van der Waals surface area (Å²) in [5, 5.41) is 3.84. The maximum absolute atomic E-state index is 6.23. The number of benzene rings is 1. The minimum Gasteiger partial charge on any atom is -0.338 e. The Hall–Kier alpha value is -1.26. The highest BCUT2D eigenvalue weighted by atomic mass is 35.5. The van der Waals surface area contributed by atoms with E-state index in [0.717, 1.165) is 10.6 Å². The summed E-state index contributed by atoms with van der Waals surface area (Å²) < 4.78 is 0. The van der Waals surface area contributed by atoms with Crippen molar-refractivity contribution in [2.45, 2.75) is 4.90 Å². The molecule has 0 spiro atoms. The first-order valence-corrected chi connectivity index (χ1v) is 6.27. The number of anilines is 2. The van der Waals surface area contributed by atoms with Gasteiger partial charge in [0, 0.05) is 17.3 Å². The third kappa shape index (κ3) is 2.46. The van der Waals surface area contributed by atoms with E-state index in [-0.39, 0.29) is 0 Å². The summed E-state index contributed by atoms with van der Waals surface area (Å²) in [4.78, 5) is 9.15. The van der Waals surface area contributed by atoms with Gasteiger partial charge in [0.05, 0.1) is 16.9 Å².